The van der Waals surface area contributed by atoms with Crippen molar-refractivity contribution in [2.45, 2.75) is 38.0 Å². The quantitative estimate of drug-likeness (QED) is 0.758. The van der Waals surface area contributed by atoms with Gasteiger partial charge in [0.2, 0.25) is 10.0 Å². The van der Waals surface area contributed by atoms with E-state index in [2.05, 4.69) is 0 Å². The van der Waals surface area contributed by atoms with E-state index < -0.39 is 10.0 Å². The van der Waals surface area contributed by atoms with Gasteiger partial charge in [-0.05, 0) is 68.7 Å². The molecule has 2 aromatic rings. The molecular formula is C21H25FN2O3S. The number of benzene rings is 2. The molecule has 1 amide bonds. The van der Waals surface area contributed by atoms with Crippen LogP contribution in [-0.2, 0) is 10.0 Å². The van der Waals surface area contributed by atoms with Gasteiger partial charge in [0.05, 0.1) is 4.90 Å². The fourth-order valence-corrected chi connectivity index (χ4v) is 5.00. The number of sulfonamides is 1. The minimum atomic E-state index is -3.62. The molecule has 1 fully saturated rings. The number of carbonyl (C=O) groups is 1. The van der Waals surface area contributed by atoms with E-state index in [0.29, 0.717) is 36.4 Å². The lowest BCUT2D eigenvalue weighted by Gasteiger charge is -2.26. The zero-order valence-electron chi connectivity index (χ0n) is 16.2. The number of nitrogens with zero attached hydrogens (tertiary/aromatic N) is 2. The molecule has 7 heteroatoms. The van der Waals surface area contributed by atoms with E-state index in [9.17, 15) is 17.6 Å². The maximum atomic E-state index is 13.2. The molecule has 0 N–H and O–H groups in total. The Hall–Kier alpha value is -2.25. The summed E-state index contributed by atoms with van der Waals surface area (Å²) in [5.74, 6) is -0.680. The fraction of sp³-hybridized carbons (Fsp3) is 0.381. The van der Waals surface area contributed by atoms with Gasteiger partial charge < -0.3 is 4.90 Å². The summed E-state index contributed by atoms with van der Waals surface area (Å²) in [5.41, 5.74) is 1.60. The van der Waals surface area contributed by atoms with Gasteiger partial charge in [0.1, 0.15) is 5.82 Å². The second-order valence-electron chi connectivity index (χ2n) is 6.97. The molecule has 1 aliphatic heterocycles. The van der Waals surface area contributed by atoms with Gasteiger partial charge in [0.25, 0.3) is 5.91 Å². The van der Waals surface area contributed by atoms with Crippen LogP contribution in [0.15, 0.2) is 47.4 Å². The summed E-state index contributed by atoms with van der Waals surface area (Å²) in [7, 11) is -3.62. The van der Waals surface area contributed by atoms with Crippen LogP contribution in [0, 0.1) is 12.7 Å². The van der Waals surface area contributed by atoms with Crippen LogP contribution >= 0.6 is 0 Å². The van der Waals surface area contributed by atoms with Gasteiger partial charge in [0.15, 0.2) is 0 Å². The van der Waals surface area contributed by atoms with Gasteiger partial charge in [-0.25, -0.2) is 12.8 Å². The van der Waals surface area contributed by atoms with Crippen molar-refractivity contribution in [2.24, 2.45) is 0 Å². The summed E-state index contributed by atoms with van der Waals surface area (Å²) in [6.45, 7) is 5.01. The second-order valence-corrected chi connectivity index (χ2v) is 8.91. The van der Waals surface area contributed by atoms with E-state index in [1.807, 2.05) is 6.92 Å². The van der Waals surface area contributed by atoms with Crippen LogP contribution in [0.3, 0.4) is 0 Å². The highest BCUT2D eigenvalue weighted by molar-refractivity contribution is 7.89. The molecule has 2 aromatic carbocycles. The number of piperidine rings is 1. The van der Waals surface area contributed by atoms with Crippen molar-refractivity contribution in [1.82, 2.24) is 4.31 Å². The normalized spacial score (nSPS) is 15.4. The van der Waals surface area contributed by atoms with Crippen molar-refractivity contribution in [3.63, 3.8) is 0 Å². The average Bonchev–Trinajstić information content (AvgIpc) is 2.70. The lowest BCUT2D eigenvalue weighted by Crippen LogP contribution is -2.36. The molecular weight excluding hydrogens is 379 g/mol. The summed E-state index contributed by atoms with van der Waals surface area (Å²) in [4.78, 5) is 14.8. The van der Waals surface area contributed by atoms with Gasteiger partial charge in [-0.15, -0.1) is 0 Å². The molecule has 0 radical (unpaired) electrons. The molecule has 0 spiro atoms. The van der Waals surface area contributed by atoms with E-state index in [0.717, 1.165) is 19.3 Å². The molecule has 0 saturated carbocycles. The Bertz CT molecular complexity index is 952. The largest absolute Gasteiger partial charge is 0.309 e. The van der Waals surface area contributed by atoms with Crippen molar-refractivity contribution in [3.8, 4) is 0 Å². The van der Waals surface area contributed by atoms with Crippen LogP contribution in [0.25, 0.3) is 0 Å². The first-order valence-electron chi connectivity index (χ1n) is 9.53. The van der Waals surface area contributed by atoms with Crippen LogP contribution in [-0.4, -0.2) is 38.3 Å². The summed E-state index contributed by atoms with van der Waals surface area (Å²) < 4.78 is 40.7. The summed E-state index contributed by atoms with van der Waals surface area (Å²) >= 11 is 0. The molecule has 0 unspecified atom stereocenters. The molecule has 0 bridgehead atoms. The fourth-order valence-electron chi connectivity index (χ4n) is 3.46. The van der Waals surface area contributed by atoms with E-state index in [-0.39, 0.29) is 16.6 Å². The topological polar surface area (TPSA) is 57.7 Å². The zero-order valence-corrected chi connectivity index (χ0v) is 17.0. The van der Waals surface area contributed by atoms with E-state index in [1.54, 1.807) is 31.2 Å². The average molecular weight is 405 g/mol. The number of rotatable bonds is 5. The van der Waals surface area contributed by atoms with Crippen molar-refractivity contribution in [1.29, 1.82) is 0 Å². The predicted molar refractivity (Wildman–Crippen MR) is 108 cm³/mol. The number of halogens is 1. The molecule has 0 aliphatic carbocycles. The first-order chi connectivity index (χ1) is 13.3. The Morgan fingerprint density at radius 3 is 2.32 bits per heavy atom. The summed E-state index contributed by atoms with van der Waals surface area (Å²) in [5, 5.41) is 0. The third kappa shape index (κ3) is 4.10. The Balaban J connectivity index is 1.96. The standard InChI is InChI=1S/C21H25FN2O3S/c1-3-24(18-10-8-17(22)9-11-18)21(25)20-15-19(12-7-16(20)2)28(26,27)23-13-5-4-6-14-23/h7-12,15H,3-6,13-14H2,1-2H3. The molecule has 150 valence electrons. The van der Waals surface area contributed by atoms with E-state index >= 15 is 0 Å². The van der Waals surface area contributed by atoms with Gasteiger partial charge in [-0.3, -0.25) is 4.79 Å². The molecule has 0 atom stereocenters. The molecule has 0 aromatic heterocycles. The van der Waals surface area contributed by atoms with Crippen LogP contribution in [0.1, 0.15) is 42.1 Å². The molecule has 1 aliphatic rings. The summed E-state index contributed by atoms with van der Waals surface area (Å²) in [6, 6.07) is 10.4. The minimum Gasteiger partial charge on any atom is -0.309 e. The lowest BCUT2D eigenvalue weighted by atomic mass is 10.1. The minimum absolute atomic E-state index is 0.138. The zero-order chi connectivity index (χ0) is 20.3. The highest BCUT2D eigenvalue weighted by Crippen LogP contribution is 2.25. The van der Waals surface area contributed by atoms with E-state index in [4.69, 9.17) is 0 Å². The van der Waals surface area contributed by atoms with Crippen LogP contribution in [0.2, 0.25) is 0 Å². The first kappa shape index (κ1) is 20.5. The number of hydrogen-bond donors (Lipinski definition) is 0. The monoisotopic (exact) mass is 404 g/mol. The number of anilines is 1. The van der Waals surface area contributed by atoms with Gasteiger partial charge in [-0.1, -0.05) is 12.5 Å². The smallest absolute Gasteiger partial charge is 0.258 e. The van der Waals surface area contributed by atoms with Crippen molar-refractivity contribution in [2.75, 3.05) is 24.5 Å². The first-order valence-corrected chi connectivity index (χ1v) is 11.0. The molecule has 1 heterocycles. The lowest BCUT2D eigenvalue weighted by molar-refractivity contribution is 0.0987. The molecule has 1 saturated heterocycles. The highest BCUT2D eigenvalue weighted by Gasteiger charge is 2.28. The Labute approximate surface area is 165 Å². The highest BCUT2D eigenvalue weighted by atomic mass is 32.2. The number of aryl methyl sites for hydroxylation is 1. The third-order valence-corrected chi connectivity index (χ3v) is 6.99. The Morgan fingerprint density at radius 2 is 1.71 bits per heavy atom. The van der Waals surface area contributed by atoms with Crippen LogP contribution < -0.4 is 4.90 Å². The SMILES string of the molecule is CCN(C(=O)c1cc(S(=O)(=O)N2CCCCC2)ccc1C)c1ccc(F)cc1. The molecule has 28 heavy (non-hydrogen) atoms. The molecule has 5 nitrogen and oxygen atoms in total. The van der Waals surface area contributed by atoms with Crippen molar-refractivity contribution >= 4 is 21.6 Å². The maximum absolute atomic E-state index is 13.2. The molecule has 3 rings (SSSR count). The second kappa shape index (κ2) is 8.41. The number of carbonyl (C=O) groups excluding carboxylic acids is 1. The Kier molecular flexibility index (Phi) is 6.15. The van der Waals surface area contributed by atoms with Crippen LogP contribution in [0.5, 0.6) is 0 Å². The van der Waals surface area contributed by atoms with Gasteiger partial charge in [-0.2, -0.15) is 4.31 Å². The Morgan fingerprint density at radius 1 is 1.07 bits per heavy atom. The van der Waals surface area contributed by atoms with Gasteiger partial charge in [0, 0.05) is 30.9 Å². The van der Waals surface area contributed by atoms with Crippen molar-refractivity contribution in [3.05, 3.63) is 59.4 Å². The van der Waals surface area contributed by atoms with Crippen molar-refractivity contribution < 1.29 is 17.6 Å². The van der Waals surface area contributed by atoms with Crippen LogP contribution in [0.4, 0.5) is 10.1 Å². The maximum Gasteiger partial charge on any atom is 0.258 e. The number of hydrogen-bond acceptors (Lipinski definition) is 3. The van der Waals surface area contributed by atoms with Gasteiger partial charge >= 0.3 is 0 Å². The number of amides is 1. The summed E-state index contributed by atoms with van der Waals surface area (Å²) in [6.07, 6.45) is 2.74. The third-order valence-electron chi connectivity index (χ3n) is 5.09. The van der Waals surface area contributed by atoms with E-state index in [1.165, 1.54) is 27.4 Å². The predicted octanol–water partition coefficient (Wildman–Crippen LogP) is 3.98.